The maximum atomic E-state index is 12.9. The molecule has 13 nitrogen and oxygen atoms in total. The van der Waals surface area contributed by atoms with Gasteiger partial charge in [0.2, 0.25) is 11.9 Å². The molecule has 3 aromatic carbocycles. The predicted octanol–water partition coefficient (Wildman–Crippen LogP) is 5.71. The van der Waals surface area contributed by atoms with Crippen LogP contribution in [0.25, 0.3) is 0 Å². The van der Waals surface area contributed by atoms with Crippen molar-refractivity contribution in [1.29, 1.82) is 0 Å². The summed E-state index contributed by atoms with van der Waals surface area (Å²) < 4.78 is 43.6. The van der Waals surface area contributed by atoms with Crippen LogP contribution in [0, 0.1) is 12.3 Å². The van der Waals surface area contributed by atoms with Crippen LogP contribution in [0.1, 0.15) is 48.2 Å². The van der Waals surface area contributed by atoms with Crippen molar-refractivity contribution in [2.75, 3.05) is 41.4 Å². The summed E-state index contributed by atoms with van der Waals surface area (Å²) >= 11 is 6.03. The molecule has 52 heavy (non-hydrogen) atoms. The van der Waals surface area contributed by atoms with E-state index in [2.05, 4.69) is 41.5 Å². The predicted molar refractivity (Wildman–Crippen MR) is 190 cm³/mol. The highest BCUT2D eigenvalue weighted by atomic mass is 35.5. The molecule has 1 aromatic heterocycles. The van der Waals surface area contributed by atoms with Gasteiger partial charge in [0, 0.05) is 40.7 Å². The number of carbonyl (C=O) groups is 3. The largest absolute Gasteiger partial charge is 0.454 e. The summed E-state index contributed by atoms with van der Waals surface area (Å²) in [7, 11) is 0. The lowest BCUT2D eigenvalue weighted by Crippen LogP contribution is -2.45. The summed E-state index contributed by atoms with van der Waals surface area (Å²) in [4.78, 5) is 50.2. The normalized spacial score (nSPS) is 13.4. The lowest BCUT2D eigenvalue weighted by atomic mass is 9.93. The van der Waals surface area contributed by atoms with E-state index in [-0.39, 0.29) is 25.0 Å². The fourth-order valence-electron chi connectivity index (χ4n) is 5.00. The van der Waals surface area contributed by atoms with Crippen LogP contribution in [0.3, 0.4) is 0 Å². The van der Waals surface area contributed by atoms with Gasteiger partial charge in [-0.25, -0.2) is 0 Å². The molecule has 0 atom stereocenters. The number of benzene rings is 3. The Balaban J connectivity index is 1.17. The van der Waals surface area contributed by atoms with E-state index in [1.165, 1.54) is 12.1 Å². The lowest BCUT2D eigenvalue weighted by Gasteiger charge is -2.25. The summed E-state index contributed by atoms with van der Waals surface area (Å²) in [6.07, 6.45) is -3.14. The van der Waals surface area contributed by atoms with Gasteiger partial charge < -0.3 is 37.1 Å². The van der Waals surface area contributed by atoms with Crippen molar-refractivity contribution in [3.63, 3.8) is 0 Å². The zero-order chi connectivity index (χ0) is 37.7. The van der Waals surface area contributed by atoms with E-state index in [4.69, 9.17) is 22.1 Å². The molecule has 1 aliphatic carbocycles. The Bertz CT molecular complexity index is 1940. The summed E-state index contributed by atoms with van der Waals surface area (Å²) in [6, 6.07) is 17.8. The number of amides is 3. The van der Waals surface area contributed by atoms with Crippen LogP contribution < -0.4 is 37.1 Å². The Labute approximate surface area is 302 Å². The topological polar surface area (TPSA) is 185 Å². The SMILES string of the molecule is Cc1cc(N)ccc1NC(=O)C(=O)NCC(C)(C)CNC(=O)c1ccc(Nc2nc(NC3(c4ccc(Cl)cc4)CC3)nc(OCC(F)(F)F)n2)cc1. The van der Waals surface area contributed by atoms with E-state index in [1.54, 1.807) is 49.4 Å². The number of aryl methyl sites for hydroxylation is 1. The average Bonchev–Trinajstić information content (AvgIpc) is 3.87. The zero-order valence-electron chi connectivity index (χ0n) is 28.5. The molecule has 1 heterocycles. The summed E-state index contributed by atoms with van der Waals surface area (Å²) in [5, 5.41) is 14.7. The fraction of sp³-hybridized carbons (Fsp3) is 0.314. The quantitative estimate of drug-likeness (QED) is 0.0733. The number of nitrogens with one attached hydrogen (secondary N) is 5. The lowest BCUT2D eigenvalue weighted by molar-refractivity contribution is -0.154. The van der Waals surface area contributed by atoms with E-state index in [9.17, 15) is 27.6 Å². The molecule has 1 aliphatic rings. The number of aromatic nitrogens is 3. The van der Waals surface area contributed by atoms with Gasteiger partial charge in [-0.3, -0.25) is 14.4 Å². The molecule has 3 amide bonds. The van der Waals surface area contributed by atoms with Crippen LogP contribution in [-0.2, 0) is 15.1 Å². The van der Waals surface area contributed by atoms with Crippen LogP contribution in [0.4, 0.5) is 42.1 Å². The third-order valence-electron chi connectivity index (χ3n) is 8.04. The molecule has 1 fully saturated rings. The van der Waals surface area contributed by atoms with Crippen LogP contribution in [0.5, 0.6) is 6.01 Å². The minimum atomic E-state index is -4.61. The second-order valence-electron chi connectivity index (χ2n) is 13.1. The molecule has 0 radical (unpaired) electrons. The standard InChI is InChI=1S/C35H37ClF3N9O4/c1-20-16-24(40)10-13-26(20)44-29(51)28(50)42-18-33(2,3)17-41-27(49)21-4-11-25(12-5-21)43-30-45-31(47-32(46-30)52-19-35(37,38)39)48-34(14-15-34)22-6-8-23(36)9-7-22/h4-13,16H,14-15,17-19,40H2,1-3H3,(H,41,49)(H,42,50)(H,44,51)(H2,43,45,46,47,48). The smallest absolute Gasteiger partial charge is 0.422 e. The maximum absolute atomic E-state index is 12.9. The molecule has 5 rings (SSSR count). The van der Waals surface area contributed by atoms with Crippen molar-refractivity contribution in [2.24, 2.45) is 5.41 Å². The first-order valence-corrected chi connectivity index (χ1v) is 16.5. The first-order valence-electron chi connectivity index (χ1n) is 16.1. The molecule has 0 saturated heterocycles. The molecule has 0 spiro atoms. The fourth-order valence-corrected chi connectivity index (χ4v) is 5.12. The number of nitrogen functional groups attached to an aromatic ring is 1. The van der Waals surface area contributed by atoms with Crippen LogP contribution >= 0.6 is 11.6 Å². The number of halogens is 4. The van der Waals surface area contributed by atoms with Gasteiger partial charge in [0.25, 0.3) is 5.91 Å². The number of rotatable bonds is 13. The highest BCUT2D eigenvalue weighted by molar-refractivity contribution is 6.39. The Morgan fingerprint density at radius 2 is 1.54 bits per heavy atom. The molecule has 17 heteroatoms. The molecule has 7 N–H and O–H groups in total. The van der Waals surface area contributed by atoms with E-state index in [0.29, 0.717) is 33.2 Å². The highest BCUT2D eigenvalue weighted by Gasteiger charge is 2.45. The summed E-state index contributed by atoms with van der Waals surface area (Å²) in [5.74, 6) is -2.13. The Morgan fingerprint density at radius 1 is 0.885 bits per heavy atom. The van der Waals surface area contributed by atoms with Crippen molar-refractivity contribution >= 4 is 58.3 Å². The number of ether oxygens (including phenoxy) is 1. The number of nitrogens with two attached hydrogens (primary N) is 1. The molecule has 0 aliphatic heterocycles. The van der Waals surface area contributed by atoms with Gasteiger partial charge in [0.15, 0.2) is 6.61 Å². The molecular weight excluding hydrogens is 703 g/mol. The third kappa shape index (κ3) is 10.4. The number of alkyl halides is 3. The van der Waals surface area contributed by atoms with Crippen LogP contribution in [0.15, 0.2) is 66.7 Å². The van der Waals surface area contributed by atoms with Crippen molar-refractivity contribution < 1.29 is 32.3 Å². The average molecular weight is 740 g/mol. The summed E-state index contributed by atoms with van der Waals surface area (Å²) in [5.41, 5.74) is 7.97. The first-order chi connectivity index (χ1) is 24.5. The number of anilines is 5. The second-order valence-corrected chi connectivity index (χ2v) is 13.6. The molecule has 0 unspecified atom stereocenters. The van der Waals surface area contributed by atoms with Crippen molar-refractivity contribution in [2.45, 2.75) is 45.3 Å². The van der Waals surface area contributed by atoms with Gasteiger partial charge >= 0.3 is 24.0 Å². The number of nitrogens with zero attached hydrogens (tertiary/aromatic N) is 3. The van der Waals surface area contributed by atoms with Gasteiger partial charge in [0.1, 0.15) is 0 Å². The summed E-state index contributed by atoms with van der Waals surface area (Å²) in [6.45, 7) is 4.06. The zero-order valence-corrected chi connectivity index (χ0v) is 29.2. The van der Waals surface area contributed by atoms with Gasteiger partial charge in [-0.1, -0.05) is 37.6 Å². The Morgan fingerprint density at radius 3 is 2.17 bits per heavy atom. The van der Waals surface area contributed by atoms with Gasteiger partial charge in [-0.05, 0) is 90.9 Å². The van der Waals surface area contributed by atoms with Crippen LogP contribution in [-0.4, -0.2) is 58.5 Å². The highest BCUT2D eigenvalue weighted by Crippen LogP contribution is 2.48. The first kappa shape index (κ1) is 37.6. The Hall–Kier alpha value is -5.64. The monoisotopic (exact) mass is 739 g/mol. The molecule has 0 bridgehead atoms. The van der Waals surface area contributed by atoms with Gasteiger partial charge in [0.05, 0.1) is 5.54 Å². The molecule has 1 saturated carbocycles. The molecular formula is C35H37ClF3N9O4. The van der Waals surface area contributed by atoms with E-state index >= 15 is 0 Å². The van der Waals surface area contributed by atoms with Crippen molar-refractivity contribution in [1.82, 2.24) is 25.6 Å². The van der Waals surface area contributed by atoms with Crippen LogP contribution in [0.2, 0.25) is 5.02 Å². The van der Waals surface area contributed by atoms with E-state index < -0.39 is 47.5 Å². The number of hydrogen-bond acceptors (Lipinski definition) is 10. The third-order valence-corrected chi connectivity index (χ3v) is 8.29. The van der Waals surface area contributed by atoms with E-state index in [1.807, 2.05) is 26.0 Å². The van der Waals surface area contributed by atoms with E-state index in [0.717, 1.165) is 18.4 Å². The minimum absolute atomic E-state index is 0.00876. The number of carbonyl (C=O) groups excluding carboxylic acids is 3. The van der Waals surface area contributed by atoms with Gasteiger partial charge in [-0.15, -0.1) is 0 Å². The second kappa shape index (κ2) is 15.3. The van der Waals surface area contributed by atoms with Crippen molar-refractivity contribution in [3.05, 3.63) is 88.4 Å². The minimum Gasteiger partial charge on any atom is -0.454 e. The Kier molecular flexibility index (Phi) is 11.1. The van der Waals surface area contributed by atoms with Gasteiger partial charge in [-0.2, -0.15) is 28.1 Å². The molecule has 274 valence electrons. The molecule has 4 aromatic rings. The maximum Gasteiger partial charge on any atom is 0.422 e. The van der Waals surface area contributed by atoms with Crippen molar-refractivity contribution in [3.8, 4) is 6.01 Å². The number of hydrogen-bond donors (Lipinski definition) is 6.